The van der Waals surface area contributed by atoms with Crippen LogP contribution in [0.25, 0.3) is 10.1 Å². The summed E-state index contributed by atoms with van der Waals surface area (Å²) in [6, 6.07) is 5.81. The number of hydrogen-bond acceptors (Lipinski definition) is 4. The molecule has 0 spiro atoms. The van der Waals surface area contributed by atoms with Crippen molar-refractivity contribution in [3.8, 4) is 6.19 Å². The van der Waals surface area contributed by atoms with Gasteiger partial charge in [0, 0.05) is 11.6 Å². The number of rotatable bonds is 0. The van der Waals surface area contributed by atoms with Gasteiger partial charge >= 0.3 is 37.7 Å². The van der Waals surface area contributed by atoms with Crippen LogP contribution in [0, 0.1) is 11.5 Å². The second kappa shape index (κ2) is 7.27. The van der Waals surface area contributed by atoms with Crippen LogP contribution in [-0.2, 0) is 0 Å². The molecule has 0 atom stereocenters. The Bertz CT molecular complexity index is 437. The molecule has 1 heterocycles. The molecule has 2 rings (SSSR count). The predicted molar refractivity (Wildman–Crippen MR) is 63.0 cm³/mol. The molecule has 0 aliphatic carbocycles. The average molecular weight is 254 g/mol. The molecule has 1 aromatic heterocycles. The van der Waals surface area contributed by atoms with Crippen molar-refractivity contribution in [3.63, 3.8) is 0 Å². The first-order valence-electron chi connectivity index (χ1n) is 3.38. The van der Waals surface area contributed by atoms with E-state index in [1.807, 2.05) is 24.4 Å². The molecule has 0 radical (unpaired) electrons. The van der Waals surface area contributed by atoms with Crippen LogP contribution < -0.4 is 5.73 Å². The molecule has 6 heteroatoms. The van der Waals surface area contributed by atoms with Crippen molar-refractivity contribution < 1.29 is 0 Å². The van der Waals surface area contributed by atoms with Crippen LogP contribution in [0.5, 0.6) is 0 Å². The molecule has 2 N–H and O–H groups in total. The van der Waals surface area contributed by atoms with Gasteiger partial charge in [0.05, 0.1) is 9.72 Å². The third kappa shape index (κ3) is 3.60. The Morgan fingerprint density at radius 3 is 2.71 bits per heavy atom. The van der Waals surface area contributed by atoms with Gasteiger partial charge in [-0.3, -0.25) is 0 Å². The number of nitriles is 1. The molecule has 1 aromatic carbocycles. The van der Waals surface area contributed by atoms with Gasteiger partial charge in [-0.2, -0.15) is 9.64 Å². The van der Waals surface area contributed by atoms with E-state index < -0.39 is 0 Å². The Labute approximate surface area is 121 Å². The van der Waals surface area contributed by atoms with Gasteiger partial charge in [-0.05, 0) is 17.6 Å². The molecule has 14 heavy (non-hydrogen) atoms. The number of fused-ring (bicyclic) bond motifs is 1. The number of benzene rings is 1. The number of hydrogen-bond donors (Lipinski definition) is 1. The Morgan fingerprint density at radius 1 is 1.50 bits per heavy atom. The maximum atomic E-state index is 7.10. The molecule has 3 nitrogen and oxygen atoms in total. The molecule has 0 amide bonds. The zero-order valence-electron chi connectivity index (χ0n) is 6.57. The van der Waals surface area contributed by atoms with Gasteiger partial charge in [0.1, 0.15) is 0 Å². The second-order valence-corrected chi connectivity index (χ2v) is 3.32. The molecule has 0 fully saturated rings. The van der Waals surface area contributed by atoms with E-state index in [0.29, 0.717) is 0 Å². The number of nitrogens with zero attached hydrogens (tertiary/aromatic N) is 2. The molecule has 0 aliphatic heterocycles. The summed E-state index contributed by atoms with van der Waals surface area (Å²) in [5.41, 5.74) is 4.15. The van der Waals surface area contributed by atoms with Gasteiger partial charge in [0.25, 0.3) is 0 Å². The normalized spacial score (nSPS) is 8.00. The summed E-state index contributed by atoms with van der Waals surface area (Å²) in [5.74, 6) is 0. The van der Waals surface area contributed by atoms with Crippen molar-refractivity contribution >= 4 is 71.0 Å². The molecule has 0 saturated heterocycles. The van der Waals surface area contributed by atoms with E-state index in [1.165, 1.54) is 17.7 Å². The zero-order chi connectivity index (χ0) is 9.68. The van der Waals surface area contributed by atoms with Crippen molar-refractivity contribution in [1.82, 2.24) is 4.37 Å². The van der Waals surface area contributed by atoms with Crippen LogP contribution in [0.15, 0.2) is 24.4 Å². The van der Waals surface area contributed by atoms with Crippen LogP contribution >= 0.6 is 23.1 Å². The van der Waals surface area contributed by atoms with Gasteiger partial charge in [-0.25, -0.2) is 0 Å². The van der Waals surface area contributed by atoms with Gasteiger partial charge in [-0.15, -0.1) is 0 Å². The van der Waals surface area contributed by atoms with Crippen LogP contribution in [0.3, 0.4) is 0 Å². The van der Waals surface area contributed by atoms with Crippen molar-refractivity contribution in [3.05, 3.63) is 29.4 Å². The van der Waals surface area contributed by atoms with E-state index in [-0.39, 0.29) is 37.7 Å². The molecule has 0 bridgehead atoms. The summed E-state index contributed by atoms with van der Waals surface area (Å²) < 4.78 is 5.09. The first kappa shape index (κ1) is 13.9. The molecule has 0 saturated carbocycles. The van der Waals surface area contributed by atoms with Crippen molar-refractivity contribution in [2.24, 2.45) is 5.73 Å². The van der Waals surface area contributed by atoms with E-state index in [2.05, 4.69) is 10.1 Å². The molecule has 0 aliphatic rings. The quantitative estimate of drug-likeness (QED) is 0.439. The summed E-state index contributed by atoms with van der Waals surface area (Å²) in [7, 11) is 0. The van der Waals surface area contributed by atoms with Crippen LogP contribution in [0.2, 0.25) is 5.02 Å². The minimum absolute atomic E-state index is 0. The number of aromatic nitrogens is 1. The molecule has 0 unspecified atom stereocenters. The third-order valence-electron chi connectivity index (χ3n) is 1.33. The Morgan fingerprint density at radius 2 is 2.14 bits per heavy atom. The Kier molecular flexibility index (Phi) is 7.24. The fourth-order valence-electron chi connectivity index (χ4n) is 0.859. The summed E-state index contributed by atoms with van der Waals surface area (Å²) in [6.07, 6.45) is 3.08. The standard InChI is InChI=1S/C7H4ClNS.CH2N2.Ca.2H/c8-6-3-1-2-5-4-9-10-7(5)6;2-1-3;;;/h1-4H;2H2;;;. The van der Waals surface area contributed by atoms with Crippen LogP contribution in [-0.4, -0.2) is 42.1 Å². The van der Waals surface area contributed by atoms with Gasteiger partial charge in [-0.1, -0.05) is 23.7 Å². The van der Waals surface area contributed by atoms with Gasteiger partial charge in [0.2, 0.25) is 0 Å². The fourth-order valence-corrected chi connectivity index (χ4v) is 1.80. The Hall–Kier alpha value is -0.0503. The molecular formula is C8H8CaClN3S. The molecule has 70 valence electrons. The third-order valence-corrected chi connectivity index (χ3v) is 2.61. The second-order valence-electron chi connectivity index (χ2n) is 2.11. The number of nitrogens with two attached hydrogens (primary N) is 1. The molecule has 2 aromatic rings. The van der Waals surface area contributed by atoms with Gasteiger partial charge < -0.3 is 5.73 Å². The average Bonchev–Trinajstić information content (AvgIpc) is 2.54. The Balaban J connectivity index is 0.000000381. The summed E-state index contributed by atoms with van der Waals surface area (Å²) in [5, 5.41) is 9.01. The van der Waals surface area contributed by atoms with E-state index in [1.54, 1.807) is 0 Å². The van der Waals surface area contributed by atoms with E-state index in [9.17, 15) is 0 Å². The van der Waals surface area contributed by atoms with Crippen LogP contribution in [0.1, 0.15) is 0 Å². The van der Waals surface area contributed by atoms with E-state index in [0.717, 1.165) is 15.1 Å². The van der Waals surface area contributed by atoms with Crippen LogP contribution in [0.4, 0.5) is 0 Å². The summed E-state index contributed by atoms with van der Waals surface area (Å²) in [6.45, 7) is 0. The SMILES string of the molecule is Clc1cccc2cnsc12.N#CN.[CaH2]. The van der Waals surface area contributed by atoms with E-state index in [4.69, 9.17) is 16.9 Å². The predicted octanol–water partition coefficient (Wildman–Crippen LogP) is 1.46. The monoisotopic (exact) mass is 253 g/mol. The molecular weight excluding hydrogens is 246 g/mol. The van der Waals surface area contributed by atoms with Gasteiger partial charge in [0.15, 0.2) is 6.19 Å². The van der Waals surface area contributed by atoms with Crippen molar-refractivity contribution in [1.29, 1.82) is 5.26 Å². The first-order valence-corrected chi connectivity index (χ1v) is 4.53. The fraction of sp³-hybridized carbons (Fsp3) is 0. The zero-order valence-corrected chi connectivity index (χ0v) is 8.14. The number of halogens is 1. The van der Waals surface area contributed by atoms with E-state index >= 15 is 0 Å². The summed E-state index contributed by atoms with van der Waals surface area (Å²) >= 11 is 7.30. The first-order chi connectivity index (χ1) is 6.29. The minimum atomic E-state index is 0. The van der Waals surface area contributed by atoms with Crippen molar-refractivity contribution in [2.75, 3.05) is 0 Å². The topological polar surface area (TPSA) is 62.7 Å². The maximum absolute atomic E-state index is 7.10. The van der Waals surface area contributed by atoms with Crippen molar-refractivity contribution in [2.45, 2.75) is 0 Å². The summed E-state index contributed by atoms with van der Waals surface area (Å²) in [4.78, 5) is 0.